The zero-order valence-corrected chi connectivity index (χ0v) is 66.0. The van der Waals surface area contributed by atoms with Gasteiger partial charge >= 0.3 is 0 Å². The number of aliphatic hydroxyl groups excluding tert-OH is 2. The Labute approximate surface area is 681 Å². The first-order chi connectivity index (χ1) is 57.3. The summed E-state index contributed by atoms with van der Waals surface area (Å²) in [4.78, 5) is 99.3. The molecule has 0 aliphatic rings. The molecule has 0 saturated heterocycles. The average Bonchev–Trinajstić information content (AvgIpc) is 1.62. The summed E-state index contributed by atoms with van der Waals surface area (Å²) in [5.41, 5.74) is 35.7. The number of fused-ring (bicyclic) bond motifs is 4. The summed E-state index contributed by atoms with van der Waals surface area (Å²) in [6, 6.07) is 48.8. The van der Waals surface area contributed by atoms with E-state index in [9.17, 15) is 19.8 Å². The molecule has 0 amide bonds. The monoisotopic (exact) mass is 1640 g/mol. The van der Waals surface area contributed by atoms with Gasteiger partial charge in [0.25, 0.3) is 5.78 Å². The normalized spacial score (nSPS) is 11.9. The molecule has 4 aromatic carbocycles. The number of nitrogens with zero attached hydrogens (tertiary/aromatic N) is 22. The lowest BCUT2D eigenvalue weighted by Gasteiger charge is -2.08. The van der Waals surface area contributed by atoms with Crippen molar-refractivity contribution in [1.29, 1.82) is 0 Å². The highest BCUT2D eigenvalue weighted by atomic mass is 32.1. The number of aryl methyl sites for hydroxylation is 2. The number of carbonyl (C=O) groups is 2. The van der Waals surface area contributed by atoms with E-state index < -0.39 is 12.2 Å². The zero-order valence-electron chi connectivity index (χ0n) is 62.8. The minimum absolute atomic E-state index is 0.200. The molecule has 34 nitrogen and oxygen atoms in total. The number of ketones is 2. The molecular formula is C80H62N26O8S4. The summed E-state index contributed by atoms with van der Waals surface area (Å²) in [7, 11) is 7.24. The minimum atomic E-state index is -1.05. The van der Waals surface area contributed by atoms with Gasteiger partial charge < -0.3 is 69.3 Å². The van der Waals surface area contributed by atoms with E-state index in [1.54, 1.807) is 73.5 Å². The predicted octanol–water partition coefficient (Wildman–Crippen LogP) is 13.3. The number of nitrogen functional groups attached to an aromatic ring is 4. The summed E-state index contributed by atoms with van der Waals surface area (Å²) < 4.78 is 27.9. The molecule has 16 heterocycles. The number of nitrogens with two attached hydrogens (primary N) is 4. The van der Waals surface area contributed by atoms with Crippen molar-refractivity contribution in [3.05, 3.63) is 253 Å². The third kappa shape index (κ3) is 14.4. The molecule has 20 rings (SSSR count). The van der Waals surface area contributed by atoms with Crippen molar-refractivity contribution < 1.29 is 37.7 Å². The van der Waals surface area contributed by atoms with Crippen molar-refractivity contribution >= 4 is 122 Å². The number of hydrogen-bond acceptors (Lipinski definition) is 34. The van der Waals surface area contributed by atoms with Crippen LogP contribution in [0.25, 0.3) is 129 Å². The third-order valence-electron chi connectivity index (χ3n) is 18.6. The van der Waals surface area contributed by atoms with Crippen LogP contribution in [0.5, 0.6) is 0 Å². The second-order valence-electron chi connectivity index (χ2n) is 26.2. The Hall–Kier alpha value is -15.0. The first-order valence-corrected chi connectivity index (χ1v) is 39.0. The molecule has 0 saturated carbocycles. The number of anilines is 4. The summed E-state index contributed by atoms with van der Waals surface area (Å²) in [5.74, 6) is 3.81. The molecule has 16 aromatic heterocycles. The van der Waals surface area contributed by atoms with E-state index >= 15 is 0 Å². The highest BCUT2D eigenvalue weighted by Gasteiger charge is 2.33. The van der Waals surface area contributed by atoms with Gasteiger partial charge in [0.2, 0.25) is 5.78 Å². The molecule has 10 N–H and O–H groups in total. The molecule has 0 radical (unpaired) electrons. The number of thiazole rings is 4. The number of aromatic nitrogens is 22. The number of imidazole rings is 4. The molecule has 118 heavy (non-hydrogen) atoms. The van der Waals surface area contributed by atoms with Crippen LogP contribution in [0, 0.1) is 13.8 Å². The van der Waals surface area contributed by atoms with Gasteiger partial charge in [0, 0.05) is 62.6 Å². The van der Waals surface area contributed by atoms with Crippen LogP contribution in [0.2, 0.25) is 0 Å². The Kier molecular flexibility index (Phi) is 20.4. The van der Waals surface area contributed by atoms with Gasteiger partial charge in [-0.3, -0.25) is 9.59 Å². The SMILES string of the molecule is Cc1cc(C(=O)c2nc(-c3ccccc3)c(-c3nc4c(N)ncnc4s3)n2C)no1.Cc1cc(C(O)c2nc(-c3ccccc3)c(-c3nc4c(N)ncnc4s3)n2C)no1.Cn1c(C(=O)c2ccco2)nc(-c2ccccc2)c1-c1nc2c(N)ncnc2s1.Cn1c(C(O)c2ccco2)nc(-c2ccccc2)c1-c1nc2c(N)ncnc2s1. The number of rotatable bonds is 16. The Morgan fingerprint density at radius 1 is 0.381 bits per heavy atom. The van der Waals surface area contributed by atoms with Crippen LogP contribution in [0.1, 0.15) is 79.5 Å². The number of aliphatic hydroxyl groups is 2. The fourth-order valence-electron chi connectivity index (χ4n) is 12.9. The highest BCUT2D eigenvalue weighted by molar-refractivity contribution is 7.22. The maximum Gasteiger partial charge on any atom is 0.263 e. The van der Waals surface area contributed by atoms with Crippen LogP contribution in [0.4, 0.5) is 23.3 Å². The lowest BCUT2D eigenvalue weighted by molar-refractivity contribution is 0.0994. The molecule has 0 fully saturated rings. The molecule has 20 aromatic rings. The number of hydrogen-bond donors (Lipinski definition) is 6. The van der Waals surface area contributed by atoms with Crippen LogP contribution in [0.3, 0.4) is 0 Å². The molecule has 0 aliphatic carbocycles. The number of benzene rings is 4. The molecule has 38 heteroatoms. The summed E-state index contributed by atoms with van der Waals surface area (Å²) in [6.45, 7) is 3.50. The van der Waals surface area contributed by atoms with Gasteiger partial charge in [0.15, 0.2) is 58.6 Å². The van der Waals surface area contributed by atoms with Crippen LogP contribution >= 0.6 is 45.3 Å². The fraction of sp³-hybridized carbons (Fsp3) is 0.100. The standard InChI is InChI=1S/C20H17N7O2S.C20H15N7O2S.C20H16N6O2S.C20H14N6O2S/c2*1-10-8-12(26-29-10)16(28)18-24-13(11-6-4-3-5-7-11)15(27(18)2)20-25-14-17(21)22-9-23-19(14)30-20;2*1-26-15(20-25-14-17(21)22-10-23-19(14)29-20)13(11-6-3-2-4-7-11)24-18(26)16(27)12-8-5-9-28-12/h3-9,16,28H,1-2H3,(H2,21,22,23);3-9H,1-2H3,(H2,21,22,23);2-10,16,27H,1H3,(H2,21,22,23);2-10H,1H3,(H2,21,22,23). The van der Waals surface area contributed by atoms with Gasteiger partial charge in [0.1, 0.15) is 144 Å². The van der Waals surface area contributed by atoms with Crippen molar-refractivity contribution in [2.75, 3.05) is 22.9 Å². The second kappa shape index (κ2) is 31.8. The van der Waals surface area contributed by atoms with Gasteiger partial charge in [0.05, 0.1) is 35.3 Å². The fourth-order valence-corrected chi connectivity index (χ4v) is 16.9. The lowest BCUT2D eigenvalue weighted by Crippen LogP contribution is -2.09. The van der Waals surface area contributed by atoms with Crippen LogP contribution < -0.4 is 22.9 Å². The van der Waals surface area contributed by atoms with Crippen molar-refractivity contribution in [3.8, 4) is 87.8 Å². The van der Waals surface area contributed by atoms with Gasteiger partial charge in [-0.2, -0.15) is 0 Å². The van der Waals surface area contributed by atoms with Gasteiger partial charge in [-0.15, -0.1) is 0 Å². The van der Waals surface area contributed by atoms with E-state index in [2.05, 4.69) is 80.1 Å². The van der Waals surface area contributed by atoms with Crippen molar-refractivity contribution in [2.24, 2.45) is 28.2 Å². The number of furan rings is 2. The minimum Gasteiger partial charge on any atom is -0.466 e. The van der Waals surface area contributed by atoms with E-state index in [1.165, 1.54) is 83.2 Å². The first-order valence-electron chi connectivity index (χ1n) is 35.7. The van der Waals surface area contributed by atoms with Gasteiger partial charge in [-0.25, -0.2) is 79.7 Å². The van der Waals surface area contributed by atoms with E-state index in [0.717, 1.165) is 33.6 Å². The second-order valence-corrected chi connectivity index (χ2v) is 30.1. The summed E-state index contributed by atoms with van der Waals surface area (Å²) >= 11 is 5.53. The maximum atomic E-state index is 13.1. The van der Waals surface area contributed by atoms with Crippen molar-refractivity contribution in [3.63, 3.8) is 0 Å². The third-order valence-corrected chi connectivity index (χ3v) is 22.5. The molecule has 2 unspecified atom stereocenters. The molecular weight excluding hydrogens is 1580 g/mol. The van der Waals surface area contributed by atoms with Crippen molar-refractivity contribution in [1.82, 2.24) is 108 Å². The Bertz CT molecular complexity index is 7070. The molecule has 2 atom stereocenters. The van der Waals surface area contributed by atoms with Crippen LogP contribution in [0.15, 0.2) is 213 Å². The number of carbonyl (C=O) groups excluding carboxylic acids is 2. The predicted molar refractivity (Wildman–Crippen MR) is 444 cm³/mol. The topological polar surface area (TPSA) is 483 Å². The summed E-state index contributed by atoms with van der Waals surface area (Å²) in [6.07, 6.45) is 6.58. The molecule has 0 bridgehead atoms. The first kappa shape index (κ1) is 75.7. The maximum absolute atomic E-state index is 13.1. The largest absolute Gasteiger partial charge is 0.466 e. The van der Waals surface area contributed by atoms with Gasteiger partial charge in [-0.1, -0.05) is 177 Å². The quantitative estimate of drug-likeness (QED) is 0.0489. The highest BCUT2D eigenvalue weighted by Crippen LogP contribution is 2.44. The Balaban J connectivity index is 0.000000113. The average molecular weight is 1640 g/mol. The van der Waals surface area contributed by atoms with Crippen molar-refractivity contribution in [2.45, 2.75) is 26.1 Å². The van der Waals surface area contributed by atoms with E-state index in [4.69, 9.17) is 50.8 Å². The molecule has 0 spiro atoms. The van der Waals surface area contributed by atoms with Crippen LogP contribution in [-0.4, -0.2) is 130 Å². The van der Waals surface area contributed by atoms with Crippen LogP contribution in [-0.2, 0) is 28.2 Å². The Morgan fingerprint density at radius 2 is 0.729 bits per heavy atom. The summed E-state index contributed by atoms with van der Waals surface area (Å²) in [5, 5.41) is 32.2. The zero-order chi connectivity index (χ0) is 81.6. The van der Waals surface area contributed by atoms with Gasteiger partial charge in [-0.05, 0) is 38.1 Å². The van der Waals surface area contributed by atoms with E-state index in [1.807, 2.05) is 145 Å². The smallest absolute Gasteiger partial charge is 0.263 e. The molecule has 0 aliphatic heterocycles. The van der Waals surface area contributed by atoms with E-state index in [-0.39, 0.29) is 34.7 Å². The van der Waals surface area contributed by atoms with E-state index in [0.29, 0.717) is 153 Å². The Morgan fingerprint density at radius 3 is 1.07 bits per heavy atom. The lowest BCUT2D eigenvalue weighted by atomic mass is 10.1. The molecule has 584 valence electrons.